The van der Waals surface area contributed by atoms with E-state index in [1.807, 2.05) is 6.07 Å². The number of hydrogen-bond acceptors (Lipinski definition) is 2. The van der Waals surface area contributed by atoms with E-state index >= 15 is 0 Å². The molecule has 0 bridgehead atoms. The maximum Gasteiger partial charge on any atom is 0.170 e. The Morgan fingerprint density at radius 2 is 1.80 bits per heavy atom. The zero-order valence-corrected chi connectivity index (χ0v) is 13.3. The van der Waals surface area contributed by atoms with E-state index in [9.17, 15) is 4.79 Å². The molecule has 5 heteroatoms. The summed E-state index contributed by atoms with van der Waals surface area (Å²) in [6.45, 7) is 0. The minimum absolute atomic E-state index is 0.0554. The SMILES string of the molecule is O=C1CC(c2cc(Cl)cc(Cl)c2)Oc2cc(Br)ccc21. The Hall–Kier alpha value is -1.03. The molecule has 1 aliphatic heterocycles. The van der Waals surface area contributed by atoms with Gasteiger partial charge in [0, 0.05) is 14.5 Å². The fraction of sp³-hybridized carbons (Fsp3) is 0.133. The number of carbonyl (C=O) groups excluding carboxylic acids is 1. The zero-order valence-electron chi connectivity index (χ0n) is 10.2. The van der Waals surface area contributed by atoms with Gasteiger partial charge in [0.15, 0.2) is 5.78 Å². The summed E-state index contributed by atoms with van der Waals surface area (Å²) < 4.78 is 6.78. The van der Waals surface area contributed by atoms with E-state index in [2.05, 4.69) is 15.9 Å². The van der Waals surface area contributed by atoms with E-state index < -0.39 is 0 Å². The van der Waals surface area contributed by atoms with Crippen LogP contribution in [0.2, 0.25) is 10.0 Å². The van der Waals surface area contributed by atoms with Crippen LogP contribution in [0, 0.1) is 0 Å². The molecule has 1 heterocycles. The monoisotopic (exact) mass is 370 g/mol. The predicted octanol–water partition coefficient (Wildman–Crippen LogP) is 5.46. The lowest BCUT2D eigenvalue weighted by Gasteiger charge is -2.26. The molecule has 0 spiro atoms. The van der Waals surface area contributed by atoms with Gasteiger partial charge >= 0.3 is 0 Å². The van der Waals surface area contributed by atoms with Gasteiger partial charge in [-0.3, -0.25) is 4.79 Å². The largest absolute Gasteiger partial charge is 0.484 e. The number of Topliss-reactive ketones (excluding diaryl/α,β-unsaturated/α-hetero) is 1. The lowest BCUT2D eigenvalue weighted by atomic mass is 9.96. The molecule has 0 fully saturated rings. The molecule has 0 amide bonds. The normalized spacial score (nSPS) is 17.6. The van der Waals surface area contributed by atoms with Crippen molar-refractivity contribution in [1.29, 1.82) is 0 Å². The highest BCUT2D eigenvalue weighted by molar-refractivity contribution is 9.10. The molecular formula is C15H9BrCl2O2. The number of hydrogen-bond donors (Lipinski definition) is 0. The molecule has 0 aromatic heterocycles. The van der Waals surface area contributed by atoms with Gasteiger partial charge in [-0.15, -0.1) is 0 Å². The minimum Gasteiger partial charge on any atom is -0.484 e. The maximum absolute atomic E-state index is 12.2. The van der Waals surface area contributed by atoms with Crippen molar-refractivity contribution in [2.75, 3.05) is 0 Å². The molecule has 102 valence electrons. The fourth-order valence-electron chi connectivity index (χ4n) is 2.24. The highest BCUT2D eigenvalue weighted by Gasteiger charge is 2.28. The Morgan fingerprint density at radius 3 is 2.50 bits per heavy atom. The molecule has 0 radical (unpaired) electrons. The first kappa shape index (κ1) is 13.9. The molecule has 0 saturated carbocycles. The van der Waals surface area contributed by atoms with Gasteiger partial charge in [0.1, 0.15) is 11.9 Å². The lowest BCUT2D eigenvalue weighted by molar-refractivity contribution is 0.0850. The molecule has 2 aromatic rings. The van der Waals surface area contributed by atoms with Crippen molar-refractivity contribution in [3.05, 3.63) is 62.0 Å². The summed E-state index contributed by atoms with van der Waals surface area (Å²) >= 11 is 15.4. The van der Waals surface area contributed by atoms with E-state index in [4.69, 9.17) is 27.9 Å². The maximum atomic E-state index is 12.2. The topological polar surface area (TPSA) is 26.3 Å². The quantitative estimate of drug-likeness (QED) is 0.665. The number of carbonyl (C=O) groups is 1. The molecule has 0 aliphatic carbocycles. The van der Waals surface area contributed by atoms with Crippen molar-refractivity contribution >= 4 is 44.9 Å². The average Bonchev–Trinajstić information content (AvgIpc) is 2.36. The summed E-state index contributed by atoms with van der Waals surface area (Å²) in [6.07, 6.45) is -0.0776. The van der Waals surface area contributed by atoms with Gasteiger partial charge in [-0.2, -0.15) is 0 Å². The van der Waals surface area contributed by atoms with Gasteiger partial charge in [0.05, 0.1) is 12.0 Å². The van der Waals surface area contributed by atoms with Gasteiger partial charge in [0.2, 0.25) is 0 Å². The van der Waals surface area contributed by atoms with Crippen LogP contribution in [0.5, 0.6) is 5.75 Å². The van der Waals surface area contributed by atoms with E-state index in [-0.39, 0.29) is 18.3 Å². The smallest absolute Gasteiger partial charge is 0.170 e. The molecular weight excluding hydrogens is 363 g/mol. The van der Waals surface area contributed by atoms with Crippen LogP contribution in [0.15, 0.2) is 40.9 Å². The minimum atomic E-state index is -0.361. The van der Waals surface area contributed by atoms with Gasteiger partial charge in [-0.25, -0.2) is 0 Å². The third-order valence-electron chi connectivity index (χ3n) is 3.14. The van der Waals surface area contributed by atoms with Crippen LogP contribution in [-0.2, 0) is 0 Å². The number of halogens is 3. The third kappa shape index (κ3) is 2.71. The highest BCUT2D eigenvalue weighted by Crippen LogP contribution is 2.37. The van der Waals surface area contributed by atoms with Crippen molar-refractivity contribution in [2.24, 2.45) is 0 Å². The number of ether oxygens (including phenoxy) is 1. The second-order valence-corrected chi connectivity index (χ2v) is 6.37. The molecule has 20 heavy (non-hydrogen) atoms. The third-order valence-corrected chi connectivity index (χ3v) is 4.07. The van der Waals surface area contributed by atoms with Gasteiger partial charge < -0.3 is 4.74 Å². The molecule has 2 aromatic carbocycles. The van der Waals surface area contributed by atoms with E-state index in [0.717, 1.165) is 10.0 Å². The molecule has 1 aliphatic rings. The Morgan fingerprint density at radius 1 is 1.10 bits per heavy atom. The molecule has 0 saturated heterocycles. The summed E-state index contributed by atoms with van der Waals surface area (Å²) in [5, 5.41) is 1.06. The second kappa shape index (κ2) is 5.40. The first-order valence-corrected chi connectivity index (χ1v) is 7.53. The van der Waals surface area contributed by atoms with Crippen LogP contribution in [0.1, 0.15) is 28.4 Å². The summed E-state index contributed by atoms with van der Waals surface area (Å²) in [4.78, 5) is 12.2. The number of benzene rings is 2. The standard InChI is InChI=1S/C15H9BrCl2O2/c16-9-1-2-12-13(19)7-14(20-15(12)5-9)8-3-10(17)6-11(18)4-8/h1-6,14H,7H2. The molecule has 3 rings (SSSR count). The molecule has 2 nitrogen and oxygen atoms in total. The Bertz CT molecular complexity index is 680. The summed E-state index contributed by atoms with van der Waals surface area (Å²) in [5.74, 6) is 0.636. The summed E-state index contributed by atoms with van der Waals surface area (Å²) in [5.41, 5.74) is 1.42. The highest BCUT2D eigenvalue weighted by atomic mass is 79.9. The van der Waals surface area contributed by atoms with E-state index in [0.29, 0.717) is 21.4 Å². The van der Waals surface area contributed by atoms with E-state index in [1.54, 1.807) is 30.3 Å². The molecule has 0 N–H and O–H groups in total. The second-order valence-electron chi connectivity index (χ2n) is 4.58. The van der Waals surface area contributed by atoms with Crippen LogP contribution in [0.4, 0.5) is 0 Å². The first-order valence-electron chi connectivity index (χ1n) is 5.98. The number of fused-ring (bicyclic) bond motifs is 1. The summed E-state index contributed by atoms with van der Waals surface area (Å²) in [7, 11) is 0. The van der Waals surface area contributed by atoms with Crippen LogP contribution in [0.25, 0.3) is 0 Å². The average molecular weight is 372 g/mol. The van der Waals surface area contributed by atoms with Crippen molar-refractivity contribution in [3.63, 3.8) is 0 Å². The van der Waals surface area contributed by atoms with E-state index in [1.165, 1.54) is 0 Å². The van der Waals surface area contributed by atoms with Crippen LogP contribution < -0.4 is 4.74 Å². The predicted molar refractivity (Wildman–Crippen MR) is 82.9 cm³/mol. The number of ketones is 1. The Labute approximate surface area is 134 Å². The number of rotatable bonds is 1. The lowest BCUT2D eigenvalue weighted by Crippen LogP contribution is -2.20. The van der Waals surface area contributed by atoms with Crippen LogP contribution in [0.3, 0.4) is 0 Å². The van der Waals surface area contributed by atoms with Crippen LogP contribution >= 0.6 is 39.1 Å². The van der Waals surface area contributed by atoms with Gasteiger partial charge in [-0.05, 0) is 42.0 Å². The Balaban J connectivity index is 2.00. The Kier molecular flexibility index (Phi) is 3.76. The van der Waals surface area contributed by atoms with Crippen molar-refractivity contribution < 1.29 is 9.53 Å². The molecule has 1 unspecified atom stereocenters. The zero-order chi connectivity index (χ0) is 14.3. The summed E-state index contributed by atoms with van der Waals surface area (Å²) in [6, 6.07) is 10.6. The van der Waals surface area contributed by atoms with Crippen molar-refractivity contribution in [1.82, 2.24) is 0 Å². The fourth-order valence-corrected chi connectivity index (χ4v) is 3.13. The molecule has 1 atom stereocenters. The van der Waals surface area contributed by atoms with Crippen LogP contribution in [-0.4, -0.2) is 5.78 Å². The van der Waals surface area contributed by atoms with Gasteiger partial charge in [0.25, 0.3) is 0 Å². The van der Waals surface area contributed by atoms with Crippen molar-refractivity contribution in [3.8, 4) is 5.75 Å². The van der Waals surface area contributed by atoms with Crippen molar-refractivity contribution in [2.45, 2.75) is 12.5 Å². The first-order chi connectivity index (χ1) is 9.52. The van der Waals surface area contributed by atoms with Gasteiger partial charge in [-0.1, -0.05) is 39.1 Å².